The standard InChI is InChI=1S/C18H24N6O.ClH/c1-13-17(21-22-24(13)15-6-10-20-11-7-15)18(25)23-12-2-3-16(23)14-4-8-19-9-5-14;/h4-5,8-9,15-16,20H,2-3,6-7,10-12H2,1H3;1H. The molecule has 1 unspecified atom stereocenters. The lowest BCUT2D eigenvalue weighted by molar-refractivity contribution is 0.0728. The lowest BCUT2D eigenvalue weighted by Crippen LogP contribution is -2.32. The topological polar surface area (TPSA) is 75.9 Å². The summed E-state index contributed by atoms with van der Waals surface area (Å²) in [5.74, 6) is -0.00278. The van der Waals surface area contributed by atoms with Crippen LogP contribution in [0.4, 0.5) is 0 Å². The first-order chi connectivity index (χ1) is 12.3. The van der Waals surface area contributed by atoms with E-state index in [0.717, 1.165) is 56.6 Å². The van der Waals surface area contributed by atoms with Crippen LogP contribution in [0, 0.1) is 6.92 Å². The van der Waals surface area contributed by atoms with Crippen LogP contribution < -0.4 is 5.32 Å². The number of likely N-dealkylation sites (tertiary alicyclic amines) is 1. The molecule has 2 aromatic rings. The van der Waals surface area contributed by atoms with Crippen molar-refractivity contribution >= 4 is 18.3 Å². The summed E-state index contributed by atoms with van der Waals surface area (Å²) >= 11 is 0. The minimum Gasteiger partial charge on any atom is -0.330 e. The zero-order chi connectivity index (χ0) is 17.2. The van der Waals surface area contributed by atoms with E-state index < -0.39 is 0 Å². The maximum Gasteiger partial charge on any atom is 0.276 e. The van der Waals surface area contributed by atoms with Gasteiger partial charge in [-0.05, 0) is 63.4 Å². The summed E-state index contributed by atoms with van der Waals surface area (Å²) in [6.45, 7) is 4.71. The van der Waals surface area contributed by atoms with E-state index >= 15 is 0 Å². The molecular formula is C18H25ClN6O. The number of carbonyl (C=O) groups excluding carboxylic acids is 1. The van der Waals surface area contributed by atoms with Gasteiger partial charge < -0.3 is 10.2 Å². The first-order valence-electron chi connectivity index (χ1n) is 9.09. The number of hydrogen-bond acceptors (Lipinski definition) is 5. The number of pyridine rings is 1. The van der Waals surface area contributed by atoms with Gasteiger partial charge in [0.25, 0.3) is 5.91 Å². The van der Waals surface area contributed by atoms with Gasteiger partial charge in [0, 0.05) is 18.9 Å². The molecule has 2 aliphatic heterocycles. The molecule has 0 aromatic carbocycles. The SMILES string of the molecule is Cc1c(C(=O)N2CCCC2c2ccncc2)nnn1C1CCNCC1.Cl. The Morgan fingerprint density at radius 1 is 1.19 bits per heavy atom. The summed E-state index contributed by atoms with van der Waals surface area (Å²) in [4.78, 5) is 19.2. The zero-order valence-corrected chi connectivity index (χ0v) is 15.8. The Hall–Kier alpha value is -1.99. The molecule has 1 amide bonds. The highest BCUT2D eigenvalue weighted by atomic mass is 35.5. The fraction of sp³-hybridized carbons (Fsp3) is 0.556. The Morgan fingerprint density at radius 2 is 1.92 bits per heavy atom. The van der Waals surface area contributed by atoms with Gasteiger partial charge in [-0.2, -0.15) is 0 Å². The van der Waals surface area contributed by atoms with E-state index in [9.17, 15) is 4.79 Å². The van der Waals surface area contributed by atoms with E-state index in [0.29, 0.717) is 11.7 Å². The third kappa shape index (κ3) is 3.46. The second-order valence-electron chi connectivity index (χ2n) is 6.89. The quantitative estimate of drug-likeness (QED) is 0.889. The molecule has 4 rings (SSSR count). The first kappa shape index (κ1) is 18.8. The van der Waals surface area contributed by atoms with Gasteiger partial charge >= 0.3 is 0 Å². The number of piperidine rings is 1. The van der Waals surface area contributed by atoms with E-state index in [4.69, 9.17) is 0 Å². The van der Waals surface area contributed by atoms with Crippen molar-refractivity contribution in [2.24, 2.45) is 0 Å². The third-order valence-corrected chi connectivity index (χ3v) is 5.39. The van der Waals surface area contributed by atoms with Crippen LogP contribution in [0.25, 0.3) is 0 Å². The highest BCUT2D eigenvalue weighted by molar-refractivity contribution is 5.93. The van der Waals surface area contributed by atoms with Gasteiger partial charge in [-0.15, -0.1) is 17.5 Å². The molecule has 2 saturated heterocycles. The Bertz CT molecular complexity index is 743. The molecule has 7 nitrogen and oxygen atoms in total. The van der Waals surface area contributed by atoms with Crippen LogP contribution in [0.5, 0.6) is 0 Å². The molecule has 0 saturated carbocycles. The fourth-order valence-electron chi connectivity index (χ4n) is 4.01. The van der Waals surface area contributed by atoms with Crippen LogP contribution in [0.1, 0.15) is 59.5 Å². The smallest absolute Gasteiger partial charge is 0.276 e. The van der Waals surface area contributed by atoms with Crippen molar-refractivity contribution in [1.29, 1.82) is 0 Å². The molecule has 4 heterocycles. The molecular weight excluding hydrogens is 352 g/mol. The first-order valence-corrected chi connectivity index (χ1v) is 9.09. The average Bonchev–Trinajstić information content (AvgIpc) is 3.29. The largest absolute Gasteiger partial charge is 0.330 e. The summed E-state index contributed by atoms with van der Waals surface area (Å²) in [7, 11) is 0. The lowest BCUT2D eigenvalue weighted by Gasteiger charge is -2.25. The molecule has 0 aliphatic carbocycles. The van der Waals surface area contributed by atoms with Crippen molar-refractivity contribution < 1.29 is 4.79 Å². The molecule has 140 valence electrons. The van der Waals surface area contributed by atoms with Crippen LogP contribution in [-0.2, 0) is 0 Å². The van der Waals surface area contributed by atoms with Gasteiger partial charge in [0.2, 0.25) is 0 Å². The second kappa shape index (κ2) is 8.14. The maximum atomic E-state index is 13.1. The minimum atomic E-state index is -0.00278. The van der Waals surface area contributed by atoms with Crippen molar-refractivity contribution in [2.45, 2.75) is 44.7 Å². The summed E-state index contributed by atoms with van der Waals surface area (Å²) in [6.07, 6.45) is 7.63. The van der Waals surface area contributed by atoms with Crippen molar-refractivity contribution in [3.63, 3.8) is 0 Å². The number of hydrogen-bond donors (Lipinski definition) is 1. The minimum absolute atomic E-state index is 0. The Balaban J connectivity index is 0.00000196. The molecule has 2 aliphatic rings. The van der Waals surface area contributed by atoms with E-state index in [-0.39, 0.29) is 24.4 Å². The normalized spacial score (nSPS) is 20.8. The van der Waals surface area contributed by atoms with E-state index in [1.807, 2.05) is 28.6 Å². The average molecular weight is 377 g/mol. The lowest BCUT2D eigenvalue weighted by atomic mass is 10.1. The maximum absolute atomic E-state index is 13.1. The molecule has 2 aromatic heterocycles. The highest BCUT2D eigenvalue weighted by Crippen LogP contribution is 2.33. The molecule has 1 atom stereocenters. The summed E-state index contributed by atoms with van der Waals surface area (Å²) in [5.41, 5.74) is 2.53. The van der Waals surface area contributed by atoms with Crippen LogP contribution in [0.3, 0.4) is 0 Å². The Labute approximate surface area is 159 Å². The van der Waals surface area contributed by atoms with Crippen LogP contribution in [0.15, 0.2) is 24.5 Å². The van der Waals surface area contributed by atoms with Gasteiger partial charge in [-0.25, -0.2) is 4.68 Å². The van der Waals surface area contributed by atoms with Crippen LogP contribution >= 0.6 is 12.4 Å². The molecule has 8 heteroatoms. The number of rotatable bonds is 3. The monoisotopic (exact) mass is 376 g/mol. The molecule has 1 N–H and O–H groups in total. The number of nitrogens with one attached hydrogen (secondary N) is 1. The molecule has 2 fully saturated rings. The molecule has 26 heavy (non-hydrogen) atoms. The number of carbonyl (C=O) groups is 1. The van der Waals surface area contributed by atoms with E-state index in [1.165, 1.54) is 0 Å². The third-order valence-electron chi connectivity index (χ3n) is 5.39. The molecule has 0 radical (unpaired) electrons. The van der Waals surface area contributed by atoms with Gasteiger partial charge in [0.1, 0.15) is 0 Å². The number of amides is 1. The van der Waals surface area contributed by atoms with Crippen molar-refractivity contribution in [3.8, 4) is 0 Å². The van der Waals surface area contributed by atoms with E-state index in [1.54, 1.807) is 12.4 Å². The van der Waals surface area contributed by atoms with Gasteiger partial charge in [-0.1, -0.05) is 5.21 Å². The Morgan fingerprint density at radius 3 is 2.65 bits per heavy atom. The molecule has 0 spiro atoms. The predicted molar refractivity (Wildman–Crippen MR) is 100 cm³/mol. The summed E-state index contributed by atoms with van der Waals surface area (Å²) in [6, 6.07) is 4.44. The zero-order valence-electron chi connectivity index (χ0n) is 15.0. The van der Waals surface area contributed by atoms with E-state index in [2.05, 4.69) is 20.6 Å². The predicted octanol–water partition coefficient (Wildman–Crippen LogP) is 2.31. The van der Waals surface area contributed by atoms with Crippen molar-refractivity contribution in [1.82, 2.24) is 30.2 Å². The van der Waals surface area contributed by atoms with Gasteiger partial charge in [0.15, 0.2) is 5.69 Å². The number of nitrogens with zero attached hydrogens (tertiary/aromatic N) is 5. The van der Waals surface area contributed by atoms with Gasteiger partial charge in [-0.3, -0.25) is 9.78 Å². The summed E-state index contributed by atoms with van der Waals surface area (Å²) in [5, 5.41) is 11.9. The van der Waals surface area contributed by atoms with Crippen molar-refractivity contribution in [2.75, 3.05) is 19.6 Å². The highest BCUT2D eigenvalue weighted by Gasteiger charge is 2.33. The van der Waals surface area contributed by atoms with Crippen LogP contribution in [0.2, 0.25) is 0 Å². The number of halogens is 1. The fourth-order valence-corrected chi connectivity index (χ4v) is 4.01. The van der Waals surface area contributed by atoms with Crippen molar-refractivity contribution in [3.05, 3.63) is 41.5 Å². The van der Waals surface area contributed by atoms with Crippen LogP contribution in [-0.4, -0.2) is 50.4 Å². The second-order valence-corrected chi connectivity index (χ2v) is 6.89. The van der Waals surface area contributed by atoms with Gasteiger partial charge in [0.05, 0.1) is 17.8 Å². The number of aromatic nitrogens is 4. The molecule has 0 bridgehead atoms. The Kier molecular flexibility index (Phi) is 5.88. The summed E-state index contributed by atoms with van der Waals surface area (Å²) < 4.78 is 1.95.